The minimum absolute atomic E-state index is 0.00317. The summed E-state index contributed by atoms with van der Waals surface area (Å²) in [5.41, 5.74) is 1.00. The maximum Gasteiger partial charge on any atom is 0.314 e. The summed E-state index contributed by atoms with van der Waals surface area (Å²) in [5, 5.41) is 6.92. The van der Waals surface area contributed by atoms with Crippen LogP contribution in [0.15, 0.2) is 45.7 Å². The van der Waals surface area contributed by atoms with Gasteiger partial charge in [0.1, 0.15) is 0 Å². The van der Waals surface area contributed by atoms with Gasteiger partial charge in [-0.15, -0.1) is 10.2 Å². The van der Waals surface area contributed by atoms with Crippen LogP contribution < -0.4 is 5.56 Å². The van der Waals surface area contributed by atoms with Crippen LogP contribution in [0.4, 0.5) is 8.78 Å². The van der Waals surface area contributed by atoms with E-state index in [2.05, 4.69) is 15.2 Å². The molecule has 0 aliphatic carbocycles. The van der Waals surface area contributed by atoms with Crippen LogP contribution in [0.1, 0.15) is 17.9 Å². The molecular weight excluding hydrogens is 330 g/mol. The lowest BCUT2D eigenvalue weighted by atomic mass is 10.1. The molecule has 0 aliphatic rings. The van der Waals surface area contributed by atoms with Crippen molar-refractivity contribution in [2.45, 2.75) is 13.0 Å². The molecule has 3 aromatic rings. The summed E-state index contributed by atoms with van der Waals surface area (Å²) in [5.74, 6) is -0.721. The summed E-state index contributed by atoms with van der Waals surface area (Å²) < 4.78 is 31.0. The Morgan fingerprint density at radius 2 is 1.91 bits per heavy atom. The van der Waals surface area contributed by atoms with E-state index < -0.39 is 12.3 Å². The molecule has 0 spiro atoms. The molecule has 0 fully saturated rings. The van der Waals surface area contributed by atoms with Gasteiger partial charge in [-0.3, -0.25) is 9.36 Å². The van der Waals surface area contributed by atoms with Crippen molar-refractivity contribution < 1.29 is 13.2 Å². The Kier molecular flexibility index (Phi) is 4.16. The predicted octanol–water partition coefficient (Wildman–Crippen LogP) is 2.93. The highest BCUT2D eigenvalue weighted by Crippen LogP contribution is 2.23. The fourth-order valence-electron chi connectivity index (χ4n) is 1.93. The highest BCUT2D eigenvalue weighted by molar-refractivity contribution is 6.28. The Hall–Kier alpha value is -2.61. The van der Waals surface area contributed by atoms with Crippen molar-refractivity contribution in [2.24, 2.45) is 0 Å². The third-order valence-corrected chi connectivity index (χ3v) is 3.36. The maximum atomic E-state index is 12.4. The van der Waals surface area contributed by atoms with Crippen molar-refractivity contribution in [2.75, 3.05) is 0 Å². The zero-order chi connectivity index (χ0) is 16.4. The van der Waals surface area contributed by atoms with Gasteiger partial charge in [-0.1, -0.05) is 12.1 Å². The number of rotatable bonds is 4. The number of hydrogen-bond acceptors (Lipinski definition) is 5. The van der Waals surface area contributed by atoms with E-state index in [-0.39, 0.29) is 23.3 Å². The second-order valence-corrected chi connectivity index (χ2v) is 4.92. The Bertz CT molecular complexity index is 877. The van der Waals surface area contributed by atoms with Crippen LogP contribution in [-0.2, 0) is 6.54 Å². The fraction of sp³-hybridized carbons (Fsp3) is 0.143. The number of benzene rings is 1. The Labute approximate surface area is 133 Å². The minimum Gasteiger partial charge on any atom is -0.415 e. The van der Waals surface area contributed by atoms with Crippen LogP contribution in [0.25, 0.3) is 11.5 Å². The normalized spacial score (nSPS) is 11.1. The number of aromatic nitrogens is 4. The van der Waals surface area contributed by atoms with Crippen molar-refractivity contribution in [3.63, 3.8) is 0 Å². The first-order valence-corrected chi connectivity index (χ1v) is 6.84. The number of halogens is 3. The zero-order valence-electron chi connectivity index (χ0n) is 11.5. The second kappa shape index (κ2) is 6.25. The maximum absolute atomic E-state index is 12.4. The van der Waals surface area contributed by atoms with Gasteiger partial charge in [0, 0.05) is 17.8 Å². The third-order valence-electron chi connectivity index (χ3n) is 3.06. The summed E-state index contributed by atoms with van der Waals surface area (Å²) in [6.45, 7) is 0.234. The summed E-state index contributed by atoms with van der Waals surface area (Å²) in [6, 6.07) is 7.99. The van der Waals surface area contributed by atoms with Crippen molar-refractivity contribution >= 4 is 11.6 Å². The Balaban J connectivity index is 1.83. The molecule has 23 heavy (non-hydrogen) atoms. The standard InChI is InChI=1S/C14H9ClF2N4O2/c15-14-18-6-5-10(22)21(14)7-8-1-3-9(4-2-8)12-19-20-13(23-12)11(16)17/h1-6,11H,7H2. The lowest BCUT2D eigenvalue weighted by Crippen LogP contribution is -2.20. The lowest BCUT2D eigenvalue weighted by molar-refractivity contribution is 0.116. The molecule has 118 valence electrons. The van der Waals surface area contributed by atoms with E-state index >= 15 is 0 Å². The molecule has 2 aromatic heterocycles. The molecule has 0 aliphatic heterocycles. The van der Waals surface area contributed by atoms with Gasteiger partial charge in [-0.05, 0) is 29.3 Å². The van der Waals surface area contributed by atoms with Crippen molar-refractivity contribution in [1.29, 1.82) is 0 Å². The van der Waals surface area contributed by atoms with Crippen LogP contribution in [-0.4, -0.2) is 19.7 Å². The molecule has 0 bridgehead atoms. The molecular formula is C14H9ClF2N4O2. The molecule has 9 heteroatoms. The molecule has 0 N–H and O–H groups in total. The van der Waals surface area contributed by atoms with E-state index in [1.165, 1.54) is 16.8 Å². The van der Waals surface area contributed by atoms with E-state index in [0.717, 1.165) is 5.56 Å². The first-order chi connectivity index (χ1) is 11.0. The van der Waals surface area contributed by atoms with Gasteiger partial charge < -0.3 is 4.42 Å². The number of nitrogens with zero attached hydrogens (tertiary/aromatic N) is 4. The molecule has 0 unspecified atom stereocenters. The average Bonchev–Trinajstić information content (AvgIpc) is 3.02. The largest absolute Gasteiger partial charge is 0.415 e. The summed E-state index contributed by atoms with van der Waals surface area (Å²) in [4.78, 5) is 15.6. The smallest absolute Gasteiger partial charge is 0.314 e. The molecule has 6 nitrogen and oxygen atoms in total. The van der Waals surface area contributed by atoms with Crippen LogP contribution >= 0.6 is 11.6 Å². The van der Waals surface area contributed by atoms with E-state index in [1.807, 2.05) is 0 Å². The van der Waals surface area contributed by atoms with Crippen molar-refractivity contribution in [1.82, 2.24) is 19.7 Å². The van der Waals surface area contributed by atoms with Gasteiger partial charge in [0.2, 0.25) is 11.2 Å². The van der Waals surface area contributed by atoms with Gasteiger partial charge in [-0.2, -0.15) is 8.78 Å². The lowest BCUT2D eigenvalue weighted by Gasteiger charge is -2.07. The Morgan fingerprint density at radius 1 is 1.17 bits per heavy atom. The van der Waals surface area contributed by atoms with Crippen LogP contribution in [0, 0.1) is 0 Å². The number of alkyl halides is 2. The molecule has 1 aromatic carbocycles. The second-order valence-electron chi connectivity index (χ2n) is 4.58. The van der Waals surface area contributed by atoms with E-state index in [0.29, 0.717) is 5.56 Å². The van der Waals surface area contributed by atoms with E-state index in [9.17, 15) is 13.6 Å². The molecule has 0 atom stereocenters. The van der Waals surface area contributed by atoms with Crippen LogP contribution in [0.2, 0.25) is 5.28 Å². The summed E-state index contributed by atoms with van der Waals surface area (Å²) in [6.07, 6.45) is -1.48. The average molecular weight is 339 g/mol. The first-order valence-electron chi connectivity index (χ1n) is 6.47. The minimum atomic E-state index is -2.81. The summed E-state index contributed by atoms with van der Waals surface area (Å²) >= 11 is 5.89. The van der Waals surface area contributed by atoms with Gasteiger partial charge in [0.15, 0.2) is 0 Å². The first kappa shape index (κ1) is 15.3. The molecule has 0 radical (unpaired) electrons. The van der Waals surface area contributed by atoms with Crippen LogP contribution in [0.3, 0.4) is 0 Å². The molecule has 0 amide bonds. The fourth-order valence-corrected chi connectivity index (χ4v) is 2.13. The quantitative estimate of drug-likeness (QED) is 0.684. The van der Waals surface area contributed by atoms with Crippen LogP contribution in [0.5, 0.6) is 0 Å². The third kappa shape index (κ3) is 3.26. The SMILES string of the molecule is O=c1ccnc(Cl)n1Cc1ccc(-c2nnc(C(F)F)o2)cc1. The molecule has 2 heterocycles. The molecule has 3 rings (SSSR count). The highest BCUT2D eigenvalue weighted by Gasteiger charge is 2.16. The van der Waals surface area contributed by atoms with E-state index in [1.54, 1.807) is 24.3 Å². The van der Waals surface area contributed by atoms with Gasteiger partial charge in [0.25, 0.3) is 11.4 Å². The van der Waals surface area contributed by atoms with Crippen molar-refractivity contribution in [3.05, 3.63) is 63.6 Å². The van der Waals surface area contributed by atoms with Gasteiger partial charge in [-0.25, -0.2) is 4.98 Å². The molecule has 0 saturated heterocycles. The van der Waals surface area contributed by atoms with Crippen molar-refractivity contribution in [3.8, 4) is 11.5 Å². The zero-order valence-corrected chi connectivity index (χ0v) is 12.2. The molecule has 0 saturated carbocycles. The Morgan fingerprint density at radius 3 is 2.52 bits per heavy atom. The number of hydrogen-bond donors (Lipinski definition) is 0. The predicted molar refractivity (Wildman–Crippen MR) is 77.3 cm³/mol. The highest BCUT2D eigenvalue weighted by atomic mass is 35.5. The monoisotopic (exact) mass is 338 g/mol. The topological polar surface area (TPSA) is 73.8 Å². The summed E-state index contributed by atoms with van der Waals surface area (Å²) in [7, 11) is 0. The van der Waals surface area contributed by atoms with E-state index in [4.69, 9.17) is 16.0 Å². The van der Waals surface area contributed by atoms with Gasteiger partial charge in [0.05, 0.1) is 6.54 Å². The van der Waals surface area contributed by atoms with Gasteiger partial charge >= 0.3 is 6.43 Å².